The molecule has 6 nitrogen and oxygen atoms in total. The highest BCUT2D eigenvalue weighted by molar-refractivity contribution is 5.85. The number of hydrogen-bond acceptors (Lipinski definition) is 5. The van der Waals surface area contributed by atoms with Gasteiger partial charge >= 0.3 is 0 Å². The second-order valence-corrected chi connectivity index (χ2v) is 5.75. The molecule has 0 spiro atoms. The molecule has 0 aliphatic carbocycles. The zero-order valence-electron chi connectivity index (χ0n) is 13.2. The maximum atomic E-state index is 12.2. The number of hydrogen-bond donors (Lipinski definition) is 2. The van der Waals surface area contributed by atoms with Crippen LogP contribution in [0.25, 0.3) is 0 Å². The summed E-state index contributed by atoms with van der Waals surface area (Å²) in [5, 5.41) is 3.07. The highest BCUT2D eigenvalue weighted by atomic mass is 35.5. The Balaban J connectivity index is 0.00000242. The Bertz CT molecular complexity index is 459. The van der Waals surface area contributed by atoms with Gasteiger partial charge in [0.25, 0.3) is 0 Å². The number of carbonyl (C=O) groups excluding carboxylic acids is 1. The first kappa shape index (κ1) is 18.6. The van der Waals surface area contributed by atoms with Crippen molar-refractivity contribution in [3.63, 3.8) is 0 Å². The molecule has 0 saturated carbocycles. The Labute approximate surface area is 138 Å². The highest BCUT2D eigenvalue weighted by Gasteiger charge is 2.26. The molecule has 0 radical (unpaired) electrons. The lowest BCUT2D eigenvalue weighted by atomic mass is 9.98. The van der Waals surface area contributed by atoms with E-state index in [4.69, 9.17) is 5.73 Å². The lowest BCUT2D eigenvalue weighted by molar-refractivity contribution is -0.124. The van der Waals surface area contributed by atoms with E-state index in [0.717, 1.165) is 38.3 Å². The predicted molar refractivity (Wildman–Crippen MR) is 90.1 cm³/mol. The predicted octanol–water partition coefficient (Wildman–Crippen LogP) is 1.36. The molecule has 2 heterocycles. The third-order valence-corrected chi connectivity index (χ3v) is 4.16. The van der Waals surface area contributed by atoms with Gasteiger partial charge in [-0.15, -0.1) is 12.4 Å². The number of halogens is 1. The molecule has 7 heteroatoms. The van der Waals surface area contributed by atoms with E-state index in [9.17, 15) is 4.79 Å². The van der Waals surface area contributed by atoms with Crippen LogP contribution in [-0.2, 0) is 4.79 Å². The Morgan fingerprint density at radius 1 is 1.50 bits per heavy atom. The summed E-state index contributed by atoms with van der Waals surface area (Å²) in [6.45, 7) is 5.72. The molecule has 1 aliphatic rings. The summed E-state index contributed by atoms with van der Waals surface area (Å²) < 4.78 is 0. The van der Waals surface area contributed by atoms with E-state index in [2.05, 4.69) is 20.2 Å². The summed E-state index contributed by atoms with van der Waals surface area (Å²) in [5.74, 6) is 0.870. The Morgan fingerprint density at radius 3 is 2.82 bits per heavy atom. The van der Waals surface area contributed by atoms with E-state index < -0.39 is 6.04 Å². The van der Waals surface area contributed by atoms with Gasteiger partial charge in [-0.3, -0.25) is 4.79 Å². The molecular formula is C15H26ClN5O. The van der Waals surface area contributed by atoms with E-state index in [1.165, 1.54) is 0 Å². The molecule has 0 bridgehead atoms. The summed E-state index contributed by atoms with van der Waals surface area (Å²) in [6, 6.07) is 1.49. The number of amides is 1. The van der Waals surface area contributed by atoms with E-state index in [1.807, 2.05) is 13.8 Å². The lowest BCUT2D eigenvalue weighted by Gasteiger charge is -2.34. The van der Waals surface area contributed by atoms with Gasteiger partial charge in [0.2, 0.25) is 11.9 Å². The van der Waals surface area contributed by atoms with Crippen molar-refractivity contribution < 1.29 is 4.79 Å². The number of anilines is 1. The molecule has 1 aromatic rings. The van der Waals surface area contributed by atoms with Crippen molar-refractivity contribution in [2.24, 2.45) is 11.7 Å². The molecule has 22 heavy (non-hydrogen) atoms. The number of nitrogens with two attached hydrogens (primary N) is 1. The number of rotatable bonds is 5. The molecule has 1 amide bonds. The maximum Gasteiger partial charge on any atom is 0.237 e. The summed E-state index contributed by atoms with van der Waals surface area (Å²) in [6.07, 6.45) is 6.38. The Morgan fingerprint density at radius 2 is 2.18 bits per heavy atom. The Hall–Kier alpha value is -1.40. The van der Waals surface area contributed by atoms with Gasteiger partial charge in [0, 0.05) is 31.5 Å². The monoisotopic (exact) mass is 327 g/mol. The van der Waals surface area contributed by atoms with Crippen molar-refractivity contribution >= 4 is 24.3 Å². The lowest BCUT2D eigenvalue weighted by Crippen LogP contribution is -2.53. The molecule has 0 aromatic carbocycles. The van der Waals surface area contributed by atoms with Gasteiger partial charge in [-0.05, 0) is 24.8 Å². The van der Waals surface area contributed by atoms with Gasteiger partial charge in [-0.1, -0.05) is 20.3 Å². The van der Waals surface area contributed by atoms with Crippen LogP contribution in [0.1, 0.15) is 33.1 Å². The van der Waals surface area contributed by atoms with Gasteiger partial charge in [0.15, 0.2) is 0 Å². The van der Waals surface area contributed by atoms with Gasteiger partial charge in [-0.25, -0.2) is 9.97 Å². The van der Waals surface area contributed by atoms with Crippen molar-refractivity contribution in [1.29, 1.82) is 0 Å². The molecule has 1 fully saturated rings. The van der Waals surface area contributed by atoms with E-state index in [-0.39, 0.29) is 30.3 Å². The molecule has 1 aliphatic heterocycles. The average molecular weight is 328 g/mol. The van der Waals surface area contributed by atoms with Crippen LogP contribution in [0.4, 0.5) is 5.95 Å². The molecule has 2 rings (SSSR count). The van der Waals surface area contributed by atoms with Crippen LogP contribution in [-0.4, -0.2) is 41.0 Å². The average Bonchev–Trinajstić information content (AvgIpc) is 2.54. The summed E-state index contributed by atoms with van der Waals surface area (Å²) in [5.41, 5.74) is 5.98. The molecule has 3 atom stereocenters. The second kappa shape index (κ2) is 8.90. The van der Waals surface area contributed by atoms with Crippen molar-refractivity contribution in [3.8, 4) is 0 Å². The van der Waals surface area contributed by atoms with Crippen LogP contribution in [0, 0.1) is 5.92 Å². The van der Waals surface area contributed by atoms with Crippen LogP contribution in [0.3, 0.4) is 0 Å². The number of aromatic nitrogens is 2. The third-order valence-electron chi connectivity index (χ3n) is 4.16. The van der Waals surface area contributed by atoms with Crippen LogP contribution in [0.15, 0.2) is 18.5 Å². The highest BCUT2D eigenvalue weighted by Crippen LogP contribution is 2.15. The number of nitrogens with zero attached hydrogens (tertiary/aromatic N) is 3. The van der Waals surface area contributed by atoms with E-state index >= 15 is 0 Å². The zero-order valence-corrected chi connectivity index (χ0v) is 14.1. The molecular weight excluding hydrogens is 302 g/mol. The van der Waals surface area contributed by atoms with Crippen molar-refractivity contribution in [1.82, 2.24) is 15.3 Å². The first-order valence-corrected chi connectivity index (χ1v) is 7.69. The molecule has 1 aromatic heterocycles. The van der Waals surface area contributed by atoms with Gasteiger partial charge in [0.1, 0.15) is 0 Å². The quantitative estimate of drug-likeness (QED) is 0.853. The molecule has 124 valence electrons. The third kappa shape index (κ3) is 4.81. The maximum absolute atomic E-state index is 12.2. The van der Waals surface area contributed by atoms with Crippen molar-refractivity contribution in [2.75, 3.05) is 18.0 Å². The molecule has 3 N–H and O–H groups in total. The zero-order chi connectivity index (χ0) is 15.2. The van der Waals surface area contributed by atoms with Crippen LogP contribution in [0.2, 0.25) is 0 Å². The Kier molecular flexibility index (Phi) is 7.55. The summed E-state index contributed by atoms with van der Waals surface area (Å²) in [7, 11) is 0. The molecule has 3 unspecified atom stereocenters. The van der Waals surface area contributed by atoms with Crippen LogP contribution in [0.5, 0.6) is 0 Å². The number of piperidine rings is 1. The molecule has 1 saturated heterocycles. The van der Waals surface area contributed by atoms with Crippen LogP contribution < -0.4 is 16.0 Å². The topological polar surface area (TPSA) is 84.1 Å². The van der Waals surface area contributed by atoms with E-state index in [0.29, 0.717) is 0 Å². The number of nitrogens with one attached hydrogen (secondary N) is 1. The minimum Gasteiger partial charge on any atom is -0.350 e. The first-order chi connectivity index (χ1) is 10.1. The number of carbonyl (C=O) groups is 1. The fourth-order valence-electron chi connectivity index (χ4n) is 2.54. The largest absolute Gasteiger partial charge is 0.350 e. The fraction of sp³-hybridized carbons (Fsp3) is 0.667. The minimum absolute atomic E-state index is 0. The van der Waals surface area contributed by atoms with E-state index in [1.54, 1.807) is 18.5 Å². The normalized spacial score (nSPS) is 20.7. The summed E-state index contributed by atoms with van der Waals surface area (Å²) >= 11 is 0. The fourth-order valence-corrected chi connectivity index (χ4v) is 2.54. The standard InChI is InChI=1S/C15H25N5O.ClH/c1-3-11(2)13(16)14(21)19-12-6-4-9-20(10-12)15-17-7-5-8-18-15;/h5,7-8,11-13H,3-4,6,9-10,16H2,1-2H3,(H,19,21);1H. The summed E-state index contributed by atoms with van der Waals surface area (Å²) in [4.78, 5) is 22.8. The SMILES string of the molecule is CCC(C)C(N)C(=O)NC1CCCN(c2ncccn2)C1.Cl. The second-order valence-electron chi connectivity index (χ2n) is 5.75. The van der Waals surface area contributed by atoms with Gasteiger partial charge < -0.3 is 16.0 Å². The minimum atomic E-state index is -0.432. The van der Waals surface area contributed by atoms with Gasteiger partial charge in [0.05, 0.1) is 6.04 Å². The van der Waals surface area contributed by atoms with Crippen molar-refractivity contribution in [3.05, 3.63) is 18.5 Å². The van der Waals surface area contributed by atoms with Crippen LogP contribution >= 0.6 is 12.4 Å². The van der Waals surface area contributed by atoms with Gasteiger partial charge in [-0.2, -0.15) is 0 Å². The smallest absolute Gasteiger partial charge is 0.237 e. The first-order valence-electron chi connectivity index (χ1n) is 7.69. The van der Waals surface area contributed by atoms with Crippen molar-refractivity contribution in [2.45, 2.75) is 45.2 Å².